The predicted molar refractivity (Wildman–Crippen MR) is 82.3 cm³/mol. The van der Waals surface area contributed by atoms with Crippen LogP contribution in [-0.4, -0.2) is 7.11 Å². The Bertz CT molecular complexity index is 588. The first-order chi connectivity index (χ1) is 9.61. The normalized spacial score (nSPS) is 12.2. The number of benzene rings is 2. The van der Waals surface area contributed by atoms with Crippen LogP contribution in [-0.2, 0) is 6.54 Å². The summed E-state index contributed by atoms with van der Waals surface area (Å²) in [5.74, 6) is 0.634. The Morgan fingerprint density at radius 3 is 2.75 bits per heavy atom. The molecule has 0 radical (unpaired) electrons. The molecule has 0 unspecified atom stereocenters. The van der Waals surface area contributed by atoms with Gasteiger partial charge in [-0.25, -0.2) is 4.39 Å². The largest absolute Gasteiger partial charge is 0.496 e. The summed E-state index contributed by atoms with van der Waals surface area (Å²) >= 11 is 3.36. The Labute approximate surface area is 127 Å². The zero-order chi connectivity index (χ0) is 14.5. The Balaban J connectivity index is 2.08. The van der Waals surface area contributed by atoms with E-state index in [2.05, 4.69) is 21.2 Å². The van der Waals surface area contributed by atoms with Crippen LogP contribution in [0.2, 0.25) is 0 Å². The van der Waals surface area contributed by atoms with Gasteiger partial charge in [0, 0.05) is 28.2 Å². The lowest BCUT2D eigenvalue weighted by Gasteiger charge is -2.17. The third-order valence-electron chi connectivity index (χ3n) is 3.21. The maximum atomic E-state index is 13.7. The average molecular weight is 338 g/mol. The van der Waals surface area contributed by atoms with Gasteiger partial charge in [-0.1, -0.05) is 34.1 Å². The number of rotatable bonds is 5. The highest BCUT2D eigenvalue weighted by atomic mass is 79.9. The number of hydrogen-bond acceptors (Lipinski definition) is 2. The van der Waals surface area contributed by atoms with Crippen molar-refractivity contribution in [1.29, 1.82) is 0 Å². The number of para-hydroxylation sites is 1. The van der Waals surface area contributed by atoms with Crippen LogP contribution < -0.4 is 10.1 Å². The van der Waals surface area contributed by atoms with Crippen LogP contribution in [0.3, 0.4) is 0 Å². The van der Waals surface area contributed by atoms with E-state index in [1.807, 2.05) is 31.2 Å². The third-order valence-corrected chi connectivity index (χ3v) is 3.71. The minimum atomic E-state index is -0.201. The van der Waals surface area contributed by atoms with Crippen molar-refractivity contribution in [3.63, 3.8) is 0 Å². The van der Waals surface area contributed by atoms with Gasteiger partial charge in [-0.15, -0.1) is 0 Å². The predicted octanol–water partition coefficient (Wildman–Crippen LogP) is 4.45. The molecular formula is C16H17BrFNO. The molecule has 0 spiro atoms. The zero-order valence-electron chi connectivity index (χ0n) is 11.5. The molecule has 0 aliphatic rings. The molecule has 0 fully saturated rings. The molecule has 0 saturated heterocycles. The second-order valence-electron chi connectivity index (χ2n) is 4.58. The van der Waals surface area contributed by atoms with Gasteiger partial charge in [-0.3, -0.25) is 0 Å². The number of halogens is 2. The summed E-state index contributed by atoms with van der Waals surface area (Å²) in [4.78, 5) is 0. The number of hydrogen-bond donors (Lipinski definition) is 1. The molecule has 1 atom stereocenters. The van der Waals surface area contributed by atoms with E-state index in [0.29, 0.717) is 12.1 Å². The topological polar surface area (TPSA) is 21.3 Å². The molecule has 2 rings (SSSR count). The van der Waals surface area contributed by atoms with Crippen molar-refractivity contribution in [2.24, 2.45) is 0 Å². The van der Waals surface area contributed by atoms with E-state index >= 15 is 0 Å². The lowest BCUT2D eigenvalue weighted by atomic mass is 10.1. The minimum absolute atomic E-state index is 0.0736. The molecule has 2 nitrogen and oxygen atoms in total. The summed E-state index contributed by atoms with van der Waals surface area (Å²) < 4.78 is 19.9. The molecule has 2 aromatic carbocycles. The van der Waals surface area contributed by atoms with Crippen LogP contribution in [0.5, 0.6) is 5.75 Å². The van der Waals surface area contributed by atoms with Crippen molar-refractivity contribution in [1.82, 2.24) is 5.32 Å². The summed E-state index contributed by atoms with van der Waals surface area (Å²) in [6.45, 7) is 2.50. The molecule has 106 valence electrons. The molecular weight excluding hydrogens is 321 g/mol. The van der Waals surface area contributed by atoms with Crippen LogP contribution in [0.25, 0.3) is 0 Å². The van der Waals surface area contributed by atoms with Crippen LogP contribution >= 0.6 is 15.9 Å². The quantitative estimate of drug-likeness (QED) is 0.870. The number of ether oxygens (including phenoxy) is 1. The van der Waals surface area contributed by atoms with Crippen molar-refractivity contribution >= 4 is 15.9 Å². The highest BCUT2D eigenvalue weighted by molar-refractivity contribution is 9.10. The molecule has 0 heterocycles. The van der Waals surface area contributed by atoms with E-state index in [9.17, 15) is 4.39 Å². The highest BCUT2D eigenvalue weighted by Crippen LogP contribution is 2.25. The van der Waals surface area contributed by atoms with Gasteiger partial charge in [0.25, 0.3) is 0 Å². The van der Waals surface area contributed by atoms with Crippen molar-refractivity contribution in [3.8, 4) is 5.75 Å². The van der Waals surface area contributed by atoms with Gasteiger partial charge in [0.1, 0.15) is 11.6 Å². The molecule has 0 amide bonds. The van der Waals surface area contributed by atoms with Gasteiger partial charge in [0.2, 0.25) is 0 Å². The molecule has 4 heteroatoms. The first-order valence-corrected chi connectivity index (χ1v) is 7.21. The van der Waals surface area contributed by atoms with Crippen molar-refractivity contribution in [2.45, 2.75) is 19.5 Å². The molecule has 20 heavy (non-hydrogen) atoms. The second kappa shape index (κ2) is 6.86. The monoisotopic (exact) mass is 337 g/mol. The summed E-state index contributed by atoms with van der Waals surface area (Å²) in [6.07, 6.45) is 0. The third kappa shape index (κ3) is 3.58. The Kier molecular flexibility index (Phi) is 5.15. The van der Waals surface area contributed by atoms with Crippen LogP contribution in [0, 0.1) is 5.82 Å². The molecule has 0 aliphatic carbocycles. The van der Waals surface area contributed by atoms with E-state index < -0.39 is 0 Å². The molecule has 0 aliphatic heterocycles. The van der Waals surface area contributed by atoms with Crippen LogP contribution in [0.4, 0.5) is 4.39 Å². The van der Waals surface area contributed by atoms with Gasteiger partial charge in [0.15, 0.2) is 0 Å². The fourth-order valence-electron chi connectivity index (χ4n) is 2.08. The maximum absolute atomic E-state index is 13.7. The zero-order valence-corrected chi connectivity index (χ0v) is 13.1. The summed E-state index contributed by atoms with van der Waals surface area (Å²) in [7, 11) is 1.65. The van der Waals surface area contributed by atoms with Crippen molar-refractivity contribution < 1.29 is 9.13 Å². The van der Waals surface area contributed by atoms with E-state index in [-0.39, 0.29) is 11.9 Å². The summed E-state index contributed by atoms with van der Waals surface area (Å²) in [5.41, 5.74) is 1.70. The summed E-state index contributed by atoms with van der Waals surface area (Å²) in [5, 5.41) is 3.32. The highest BCUT2D eigenvalue weighted by Gasteiger charge is 2.11. The van der Waals surface area contributed by atoms with E-state index in [1.165, 1.54) is 6.07 Å². The van der Waals surface area contributed by atoms with E-state index in [0.717, 1.165) is 15.8 Å². The molecule has 0 aromatic heterocycles. The Morgan fingerprint density at radius 2 is 2.00 bits per heavy atom. The van der Waals surface area contributed by atoms with Gasteiger partial charge in [-0.2, -0.15) is 0 Å². The number of nitrogens with one attached hydrogen (secondary N) is 1. The number of methoxy groups -OCH3 is 1. The summed E-state index contributed by atoms with van der Waals surface area (Å²) in [6, 6.07) is 12.9. The fourth-order valence-corrected chi connectivity index (χ4v) is 2.48. The molecule has 2 aromatic rings. The minimum Gasteiger partial charge on any atom is -0.496 e. The standard InChI is InChI=1S/C16H17BrFNO/c1-11(14-5-3-4-6-16(14)20-2)19-10-12-9-13(17)7-8-15(12)18/h3-9,11,19H,10H2,1-2H3/t11-/m0/s1. The molecule has 0 bridgehead atoms. The SMILES string of the molecule is COc1ccccc1[C@H](C)NCc1cc(Br)ccc1F. The van der Waals surface area contributed by atoms with Gasteiger partial charge in [-0.05, 0) is 31.2 Å². The van der Waals surface area contributed by atoms with Gasteiger partial charge in [0.05, 0.1) is 7.11 Å². The maximum Gasteiger partial charge on any atom is 0.127 e. The first-order valence-electron chi connectivity index (χ1n) is 6.42. The smallest absolute Gasteiger partial charge is 0.127 e. The van der Waals surface area contributed by atoms with Crippen LogP contribution in [0.1, 0.15) is 24.1 Å². The second-order valence-corrected chi connectivity index (χ2v) is 5.50. The lowest BCUT2D eigenvalue weighted by Crippen LogP contribution is -2.19. The molecule has 0 saturated carbocycles. The Morgan fingerprint density at radius 1 is 1.25 bits per heavy atom. The lowest BCUT2D eigenvalue weighted by molar-refractivity contribution is 0.401. The van der Waals surface area contributed by atoms with Crippen LogP contribution in [0.15, 0.2) is 46.9 Å². The van der Waals surface area contributed by atoms with Crippen molar-refractivity contribution in [3.05, 3.63) is 63.9 Å². The van der Waals surface area contributed by atoms with Gasteiger partial charge >= 0.3 is 0 Å². The Hall–Kier alpha value is -1.39. The fraction of sp³-hybridized carbons (Fsp3) is 0.250. The van der Waals surface area contributed by atoms with Gasteiger partial charge < -0.3 is 10.1 Å². The van der Waals surface area contributed by atoms with E-state index in [4.69, 9.17) is 4.74 Å². The first kappa shape index (κ1) is 15.0. The average Bonchev–Trinajstić information content (AvgIpc) is 2.47. The molecule has 1 N–H and O–H groups in total. The van der Waals surface area contributed by atoms with Crippen molar-refractivity contribution in [2.75, 3.05) is 7.11 Å². The van der Waals surface area contributed by atoms with E-state index in [1.54, 1.807) is 19.2 Å².